The van der Waals surface area contributed by atoms with E-state index in [1.165, 1.54) is 25.7 Å². The van der Waals surface area contributed by atoms with Crippen molar-refractivity contribution in [3.05, 3.63) is 0 Å². The van der Waals surface area contributed by atoms with Crippen molar-refractivity contribution in [2.45, 2.75) is 90.0 Å². The third-order valence-electron chi connectivity index (χ3n) is 4.77. The highest BCUT2D eigenvalue weighted by Gasteiger charge is 2.29. The number of carbonyl (C=O) groups is 1. The largest absolute Gasteiger partial charge is 0.444 e. The fraction of sp³-hybridized carbons (Fsp3) is 0.944. The van der Waals surface area contributed by atoms with Crippen molar-refractivity contribution >= 4 is 6.09 Å². The molecule has 1 aliphatic heterocycles. The number of hydrogen-bond acceptors (Lipinski definition) is 4. The fourth-order valence-corrected chi connectivity index (χ4v) is 3.68. The first-order valence-corrected chi connectivity index (χ1v) is 9.18. The zero-order valence-corrected chi connectivity index (χ0v) is 15.2. The topological polar surface area (TPSA) is 59.6 Å². The molecule has 5 nitrogen and oxygen atoms in total. The molecule has 3 unspecified atom stereocenters. The van der Waals surface area contributed by atoms with Crippen LogP contribution >= 0.6 is 0 Å². The molecule has 0 aromatic rings. The Bertz CT molecular complexity index is 375. The molecular weight excluding hydrogens is 292 g/mol. The van der Waals surface area contributed by atoms with Crippen LogP contribution in [0, 0.1) is 5.92 Å². The van der Waals surface area contributed by atoms with Crippen LogP contribution in [-0.2, 0) is 9.47 Å². The van der Waals surface area contributed by atoms with Gasteiger partial charge in [0.1, 0.15) is 5.60 Å². The lowest BCUT2D eigenvalue weighted by Crippen LogP contribution is -2.51. The maximum absolute atomic E-state index is 11.9. The second-order valence-electron chi connectivity index (χ2n) is 8.10. The van der Waals surface area contributed by atoms with Gasteiger partial charge in [-0.25, -0.2) is 4.79 Å². The van der Waals surface area contributed by atoms with Gasteiger partial charge in [-0.15, -0.1) is 0 Å². The molecule has 1 saturated heterocycles. The highest BCUT2D eigenvalue weighted by Crippen LogP contribution is 2.28. The number of hydrogen-bond donors (Lipinski definition) is 2. The van der Waals surface area contributed by atoms with Gasteiger partial charge in [0.15, 0.2) is 0 Å². The van der Waals surface area contributed by atoms with Crippen molar-refractivity contribution in [3.8, 4) is 0 Å². The van der Waals surface area contributed by atoms with Gasteiger partial charge in [-0.1, -0.05) is 12.8 Å². The van der Waals surface area contributed by atoms with E-state index in [0.29, 0.717) is 30.7 Å². The van der Waals surface area contributed by atoms with Gasteiger partial charge >= 0.3 is 6.09 Å². The van der Waals surface area contributed by atoms with Crippen LogP contribution in [0.5, 0.6) is 0 Å². The van der Waals surface area contributed by atoms with E-state index in [1.807, 2.05) is 20.8 Å². The minimum Gasteiger partial charge on any atom is -0.444 e. The van der Waals surface area contributed by atoms with Crippen molar-refractivity contribution in [2.24, 2.45) is 5.92 Å². The molecule has 0 aromatic heterocycles. The average Bonchev–Trinajstić information content (AvgIpc) is 2.95. The van der Waals surface area contributed by atoms with Crippen LogP contribution in [0.3, 0.4) is 0 Å². The standard InChI is InChI=1S/C18H34N2O3/c1-13-11-15(9-10-22-13)20-16(14-7-5-6-8-14)12-19-17(21)23-18(2,3)4/h13-16,20H,5-12H2,1-4H3,(H,19,21). The number of rotatable bonds is 5. The molecule has 2 fully saturated rings. The van der Waals surface area contributed by atoms with Gasteiger partial charge < -0.3 is 20.1 Å². The average molecular weight is 326 g/mol. The SMILES string of the molecule is CC1CC(NC(CNC(=O)OC(C)(C)C)C2CCCC2)CCO1. The molecule has 2 N–H and O–H groups in total. The maximum atomic E-state index is 11.9. The number of carbonyl (C=O) groups excluding carboxylic acids is 1. The van der Waals surface area contributed by atoms with E-state index in [1.54, 1.807) is 0 Å². The zero-order chi connectivity index (χ0) is 16.9. The van der Waals surface area contributed by atoms with E-state index in [4.69, 9.17) is 9.47 Å². The molecule has 1 heterocycles. The third kappa shape index (κ3) is 6.68. The highest BCUT2D eigenvalue weighted by molar-refractivity contribution is 5.67. The Morgan fingerprint density at radius 3 is 2.57 bits per heavy atom. The molecule has 3 atom stereocenters. The molecule has 1 saturated carbocycles. The van der Waals surface area contributed by atoms with Gasteiger partial charge in [0.25, 0.3) is 0 Å². The van der Waals surface area contributed by atoms with Crippen LogP contribution in [-0.4, -0.2) is 43.0 Å². The highest BCUT2D eigenvalue weighted by atomic mass is 16.6. The van der Waals surface area contributed by atoms with Crippen LogP contribution in [0.15, 0.2) is 0 Å². The molecule has 0 aromatic carbocycles. The quantitative estimate of drug-likeness (QED) is 0.814. The van der Waals surface area contributed by atoms with Gasteiger partial charge in [-0.3, -0.25) is 0 Å². The van der Waals surface area contributed by atoms with Crippen LogP contribution in [0.25, 0.3) is 0 Å². The Kier molecular flexibility index (Phi) is 6.72. The second kappa shape index (κ2) is 8.34. The first-order valence-electron chi connectivity index (χ1n) is 9.18. The van der Waals surface area contributed by atoms with Gasteiger partial charge in [0, 0.05) is 25.2 Å². The molecule has 2 rings (SSSR count). The number of amides is 1. The zero-order valence-electron chi connectivity index (χ0n) is 15.2. The van der Waals surface area contributed by atoms with E-state index < -0.39 is 5.60 Å². The number of nitrogens with one attached hydrogen (secondary N) is 2. The molecule has 0 bridgehead atoms. The molecule has 0 radical (unpaired) electrons. The summed E-state index contributed by atoms with van der Waals surface area (Å²) < 4.78 is 11.0. The molecule has 0 spiro atoms. The van der Waals surface area contributed by atoms with Gasteiger partial charge in [-0.2, -0.15) is 0 Å². The summed E-state index contributed by atoms with van der Waals surface area (Å²) in [5, 5.41) is 6.76. The smallest absolute Gasteiger partial charge is 0.407 e. The summed E-state index contributed by atoms with van der Waals surface area (Å²) >= 11 is 0. The molecule has 1 amide bonds. The van der Waals surface area contributed by atoms with Gasteiger partial charge in [-0.05, 0) is 59.3 Å². The summed E-state index contributed by atoms with van der Waals surface area (Å²) in [4.78, 5) is 11.9. The van der Waals surface area contributed by atoms with Crippen LogP contribution in [0.2, 0.25) is 0 Å². The van der Waals surface area contributed by atoms with Crippen molar-refractivity contribution in [2.75, 3.05) is 13.2 Å². The van der Waals surface area contributed by atoms with Crippen molar-refractivity contribution in [1.82, 2.24) is 10.6 Å². The van der Waals surface area contributed by atoms with E-state index in [9.17, 15) is 4.79 Å². The number of ether oxygens (including phenoxy) is 2. The Morgan fingerprint density at radius 1 is 1.26 bits per heavy atom. The predicted octanol–water partition coefficient (Wildman–Crippen LogP) is 3.23. The normalized spacial score (nSPS) is 27.7. The van der Waals surface area contributed by atoms with E-state index >= 15 is 0 Å². The van der Waals surface area contributed by atoms with E-state index in [2.05, 4.69) is 17.6 Å². The molecule has 5 heteroatoms. The molecule has 1 aliphatic carbocycles. The van der Waals surface area contributed by atoms with Crippen molar-refractivity contribution in [1.29, 1.82) is 0 Å². The molecule has 134 valence electrons. The van der Waals surface area contributed by atoms with E-state index in [-0.39, 0.29) is 6.09 Å². The Balaban J connectivity index is 1.85. The van der Waals surface area contributed by atoms with Crippen molar-refractivity contribution < 1.29 is 14.3 Å². The molecule has 2 aliphatic rings. The minimum absolute atomic E-state index is 0.317. The Morgan fingerprint density at radius 2 is 1.96 bits per heavy atom. The first-order chi connectivity index (χ1) is 10.8. The van der Waals surface area contributed by atoms with Crippen LogP contribution < -0.4 is 10.6 Å². The fourth-order valence-electron chi connectivity index (χ4n) is 3.68. The lowest BCUT2D eigenvalue weighted by atomic mass is 9.95. The van der Waals surface area contributed by atoms with Crippen molar-refractivity contribution in [3.63, 3.8) is 0 Å². The third-order valence-corrected chi connectivity index (χ3v) is 4.77. The summed E-state index contributed by atoms with van der Waals surface area (Å²) in [5.74, 6) is 0.656. The summed E-state index contributed by atoms with van der Waals surface area (Å²) in [5.41, 5.74) is -0.448. The summed E-state index contributed by atoms with van der Waals surface area (Å²) in [6.45, 7) is 9.28. The summed E-state index contributed by atoms with van der Waals surface area (Å²) in [6, 6.07) is 0.824. The lowest BCUT2D eigenvalue weighted by molar-refractivity contribution is 0.00937. The molecular formula is C18H34N2O3. The Labute approximate surface area is 140 Å². The Hall–Kier alpha value is -0.810. The first kappa shape index (κ1) is 18.5. The monoisotopic (exact) mass is 326 g/mol. The second-order valence-corrected chi connectivity index (χ2v) is 8.10. The van der Waals surface area contributed by atoms with Crippen LogP contribution in [0.1, 0.15) is 66.2 Å². The lowest BCUT2D eigenvalue weighted by Gasteiger charge is -2.34. The number of alkyl carbamates (subject to hydrolysis) is 1. The van der Waals surface area contributed by atoms with E-state index in [0.717, 1.165) is 19.4 Å². The predicted molar refractivity (Wildman–Crippen MR) is 91.6 cm³/mol. The summed E-state index contributed by atoms with van der Waals surface area (Å²) in [6.07, 6.45) is 7.24. The minimum atomic E-state index is -0.448. The molecule has 23 heavy (non-hydrogen) atoms. The maximum Gasteiger partial charge on any atom is 0.407 e. The summed E-state index contributed by atoms with van der Waals surface area (Å²) in [7, 11) is 0. The van der Waals surface area contributed by atoms with Gasteiger partial charge in [0.2, 0.25) is 0 Å². The van der Waals surface area contributed by atoms with Gasteiger partial charge in [0.05, 0.1) is 6.10 Å². The van der Waals surface area contributed by atoms with Crippen LogP contribution in [0.4, 0.5) is 4.79 Å².